The molecule has 0 aromatic heterocycles. The van der Waals surface area contributed by atoms with E-state index in [4.69, 9.17) is 0 Å². The molecule has 1 N–H and O–H groups in total. The summed E-state index contributed by atoms with van der Waals surface area (Å²) in [6, 6.07) is 9.70. The van der Waals surface area contributed by atoms with Crippen molar-refractivity contribution in [1.29, 1.82) is 0 Å². The molecule has 2 heterocycles. The van der Waals surface area contributed by atoms with Gasteiger partial charge in [-0.3, -0.25) is 0 Å². The molecule has 2 heteroatoms. The first-order valence-corrected chi connectivity index (χ1v) is 8.45. The molecule has 0 amide bonds. The van der Waals surface area contributed by atoms with Crippen LogP contribution in [-0.4, -0.2) is 30.6 Å². The molecule has 2 nitrogen and oxygen atoms in total. The molecule has 2 unspecified atom stereocenters. The van der Waals surface area contributed by atoms with Crippen molar-refractivity contribution in [3.8, 4) is 0 Å². The van der Waals surface area contributed by atoms with Crippen molar-refractivity contribution in [3.05, 3.63) is 29.8 Å². The molecule has 0 bridgehead atoms. The van der Waals surface area contributed by atoms with Crippen molar-refractivity contribution in [2.75, 3.05) is 25.0 Å². The van der Waals surface area contributed by atoms with Crippen LogP contribution in [0.2, 0.25) is 0 Å². The molecule has 3 rings (SSSR count). The van der Waals surface area contributed by atoms with E-state index in [1.165, 1.54) is 62.9 Å². The Bertz CT molecular complexity index is 427. The van der Waals surface area contributed by atoms with E-state index in [-0.39, 0.29) is 0 Å². The summed E-state index contributed by atoms with van der Waals surface area (Å²) in [5, 5.41) is 3.56. The minimum absolute atomic E-state index is 0.718. The lowest BCUT2D eigenvalue weighted by atomic mass is 9.94. The summed E-state index contributed by atoms with van der Waals surface area (Å²) in [5.41, 5.74) is 2.90. The van der Waals surface area contributed by atoms with Crippen LogP contribution in [0.15, 0.2) is 24.3 Å². The van der Waals surface area contributed by atoms with E-state index in [0.29, 0.717) is 0 Å². The average molecular weight is 272 g/mol. The van der Waals surface area contributed by atoms with E-state index < -0.39 is 0 Å². The van der Waals surface area contributed by atoms with Crippen LogP contribution in [0.4, 0.5) is 5.69 Å². The Morgan fingerprint density at radius 1 is 1.20 bits per heavy atom. The quantitative estimate of drug-likeness (QED) is 0.862. The molecule has 1 aromatic rings. The van der Waals surface area contributed by atoms with Gasteiger partial charge in [0.25, 0.3) is 0 Å². The number of para-hydroxylation sites is 1. The van der Waals surface area contributed by atoms with Gasteiger partial charge in [0.15, 0.2) is 0 Å². The molecule has 2 aliphatic rings. The molecule has 20 heavy (non-hydrogen) atoms. The molecule has 0 aliphatic carbocycles. The molecule has 0 spiro atoms. The lowest BCUT2D eigenvalue weighted by Gasteiger charge is -2.36. The fraction of sp³-hybridized carbons (Fsp3) is 0.667. The monoisotopic (exact) mass is 272 g/mol. The number of anilines is 1. The maximum atomic E-state index is 3.56. The number of benzene rings is 1. The number of hydrogen-bond donors (Lipinski definition) is 1. The molecule has 0 saturated carbocycles. The van der Waals surface area contributed by atoms with Gasteiger partial charge in [-0.1, -0.05) is 38.0 Å². The molecule has 2 atom stereocenters. The van der Waals surface area contributed by atoms with Gasteiger partial charge in [-0.25, -0.2) is 0 Å². The van der Waals surface area contributed by atoms with E-state index >= 15 is 0 Å². The van der Waals surface area contributed by atoms with Crippen molar-refractivity contribution in [1.82, 2.24) is 4.90 Å². The Hall–Kier alpha value is -1.02. The number of nitrogens with one attached hydrogen (secondary N) is 1. The first-order valence-electron chi connectivity index (χ1n) is 8.45. The van der Waals surface area contributed by atoms with Gasteiger partial charge in [0.1, 0.15) is 0 Å². The third-order valence-electron chi connectivity index (χ3n) is 5.08. The van der Waals surface area contributed by atoms with Gasteiger partial charge in [-0.2, -0.15) is 0 Å². The smallest absolute Gasteiger partial charge is 0.0376 e. The van der Waals surface area contributed by atoms with Crippen LogP contribution in [0.5, 0.6) is 0 Å². The fourth-order valence-corrected chi connectivity index (χ4v) is 3.95. The molecule has 110 valence electrons. The largest absolute Gasteiger partial charge is 0.384 e. The Labute approximate surface area is 123 Å². The van der Waals surface area contributed by atoms with Crippen LogP contribution < -0.4 is 5.32 Å². The van der Waals surface area contributed by atoms with Crippen LogP contribution in [0.1, 0.15) is 56.9 Å². The first kappa shape index (κ1) is 13.9. The zero-order chi connectivity index (χ0) is 13.8. The molecular formula is C18H28N2. The summed E-state index contributed by atoms with van der Waals surface area (Å²) in [6.07, 6.45) is 8.29. The van der Waals surface area contributed by atoms with Crippen molar-refractivity contribution in [3.63, 3.8) is 0 Å². The normalized spacial score (nSPS) is 26.2. The number of hydrogen-bond acceptors (Lipinski definition) is 2. The van der Waals surface area contributed by atoms with Crippen molar-refractivity contribution >= 4 is 5.69 Å². The van der Waals surface area contributed by atoms with Gasteiger partial charge in [0.05, 0.1) is 0 Å². The molecule has 1 aromatic carbocycles. The highest BCUT2D eigenvalue weighted by Gasteiger charge is 2.25. The minimum Gasteiger partial charge on any atom is -0.384 e. The van der Waals surface area contributed by atoms with E-state index in [2.05, 4.69) is 41.4 Å². The van der Waals surface area contributed by atoms with Crippen molar-refractivity contribution in [2.24, 2.45) is 0 Å². The Morgan fingerprint density at radius 3 is 3.00 bits per heavy atom. The second-order valence-electron chi connectivity index (χ2n) is 6.43. The van der Waals surface area contributed by atoms with E-state index in [1.807, 2.05) is 0 Å². The van der Waals surface area contributed by atoms with Gasteiger partial charge < -0.3 is 10.2 Å². The topological polar surface area (TPSA) is 15.3 Å². The summed E-state index contributed by atoms with van der Waals surface area (Å²) in [4.78, 5) is 2.77. The second-order valence-corrected chi connectivity index (χ2v) is 6.43. The van der Waals surface area contributed by atoms with Crippen molar-refractivity contribution < 1.29 is 0 Å². The first-order chi connectivity index (χ1) is 9.88. The van der Waals surface area contributed by atoms with Gasteiger partial charge in [0, 0.05) is 24.2 Å². The lowest BCUT2D eigenvalue weighted by molar-refractivity contribution is 0.135. The maximum Gasteiger partial charge on any atom is 0.0376 e. The molecule has 1 fully saturated rings. The predicted octanol–water partition coefficient (Wildman–Crippen LogP) is 4.24. The highest BCUT2D eigenvalue weighted by atomic mass is 15.2. The average Bonchev–Trinajstić information content (AvgIpc) is 2.90. The lowest BCUT2D eigenvalue weighted by Crippen LogP contribution is -2.40. The van der Waals surface area contributed by atoms with Crippen molar-refractivity contribution in [2.45, 2.75) is 57.4 Å². The van der Waals surface area contributed by atoms with E-state index in [0.717, 1.165) is 18.5 Å². The summed E-state index contributed by atoms with van der Waals surface area (Å²) in [6.45, 7) is 6.06. The van der Waals surface area contributed by atoms with Crippen LogP contribution >= 0.6 is 0 Å². The second kappa shape index (κ2) is 6.62. The van der Waals surface area contributed by atoms with Gasteiger partial charge in [0.2, 0.25) is 0 Å². The highest BCUT2D eigenvalue weighted by molar-refractivity contribution is 5.57. The Kier molecular flexibility index (Phi) is 4.62. The summed E-state index contributed by atoms with van der Waals surface area (Å²) in [5.74, 6) is 0.718. The Balaban J connectivity index is 1.56. The number of fused-ring (bicyclic) bond motifs is 1. The molecule has 0 radical (unpaired) electrons. The van der Waals surface area contributed by atoms with Crippen LogP contribution in [0.25, 0.3) is 0 Å². The molecule has 1 saturated heterocycles. The van der Waals surface area contributed by atoms with Gasteiger partial charge in [-0.15, -0.1) is 0 Å². The van der Waals surface area contributed by atoms with Crippen LogP contribution in [-0.2, 0) is 0 Å². The summed E-state index contributed by atoms with van der Waals surface area (Å²) < 4.78 is 0. The predicted molar refractivity (Wildman–Crippen MR) is 86.4 cm³/mol. The van der Waals surface area contributed by atoms with Crippen LogP contribution in [0.3, 0.4) is 0 Å². The van der Waals surface area contributed by atoms with E-state index in [9.17, 15) is 0 Å². The summed E-state index contributed by atoms with van der Waals surface area (Å²) >= 11 is 0. The number of rotatable bonds is 5. The number of likely N-dealkylation sites (tertiary alicyclic amines) is 1. The van der Waals surface area contributed by atoms with Gasteiger partial charge in [-0.05, 0) is 50.4 Å². The number of nitrogens with zero attached hydrogens (tertiary/aromatic N) is 1. The third kappa shape index (κ3) is 3.01. The maximum absolute atomic E-state index is 3.56. The van der Waals surface area contributed by atoms with Gasteiger partial charge >= 0.3 is 0 Å². The molecular weight excluding hydrogens is 244 g/mol. The Morgan fingerprint density at radius 2 is 2.10 bits per heavy atom. The standard InChI is InChI=1S/C18H28N2/c1-2-7-16-8-5-6-12-20(16)13-11-15-14-19-18-10-4-3-9-17(15)18/h3-4,9-10,15-16,19H,2,5-8,11-14H2,1H3. The summed E-state index contributed by atoms with van der Waals surface area (Å²) in [7, 11) is 0. The minimum atomic E-state index is 0.718. The highest BCUT2D eigenvalue weighted by Crippen LogP contribution is 2.34. The van der Waals surface area contributed by atoms with E-state index in [1.54, 1.807) is 0 Å². The zero-order valence-corrected chi connectivity index (χ0v) is 12.8. The van der Waals surface area contributed by atoms with Crippen LogP contribution in [0, 0.1) is 0 Å². The third-order valence-corrected chi connectivity index (χ3v) is 5.08. The SMILES string of the molecule is CCCC1CCCCN1CCC1CNc2ccccc21. The fourth-order valence-electron chi connectivity index (χ4n) is 3.95. The zero-order valence-electron chi connectivity index (χ0n) is 12.8. The number of piperidine rings is 1. The molecule has 2 aliphatic heterocycles.